The van der Waals surface area contributed by atoms with E-state index in [9.17, 15) is 0 Å². The Bertz CT molecular complexity index is 389. The van der Waals surface area contributed by atoms with E-state index in [1.165, 1.54) is 12.8 Å². The summed E-state index contributed by atoms with van der Waals surface area (Å²) in [7, 11) is 0. The molecule has 1 saturated heterocycles. The molecule has 0 bridgehead atoms. The molecule has 1 aliphatic heterocycles. The van der Waals surface area contributed by atoms with Crippen molar-refractivity contribution in [3.05, 3.63) is 5.89 Å². The lowest BCUT2D eigenvalue weighted by molar-refractivity contribution is 0.121. The molecule has 1 aromatic heterocycles. The van der Waals surface area contributed by atoms with Crippen LogP contribution in [0, 0.1) is 0 Å². The van der Waals surface area contributed by atoms with Crippen LogP contribution in [0.3, 0.4) is 0 Å². The van der Waals surface area contributed by atoms with E-state index in [4.69, 9.17) is 15.0 Å². The Kier molecular flexibility index (Phi) is 3.47. The van der Waals surface area contributed by atoms with Crippen molar-refractivity contribution in [3.63, 3.8) is 0 Å². The Labute approximate surface area is 106 Å². The van der Waals surface area contributed by atoms with Crippen LogP contribution in [-0.4, -0.2) is 42.5 Å². The smallest absolute Gasteiger partial charge is 0.266 e. The normalized spacial score (nSPS) is 29.5. The first-order valence-electron chi connectivity index (χ1n) is 6.76. The molecule has 2 fully saturated rings. The summed E-state index contributed by atoms with van der Waals surface area (Å²) in [4.78, 5) is 6.62. The average molecular weight is 252 g/mol. The minimum Gasteiger partial charge on any atom is -0.378 e. The van der Waals surface area contributed by atoms with Crippen LogP contribution in [0.4, 0.5) is 5.95 Å². The minimum atomic E-state index is 0.164. The Balaban J connectivity index is 1.71. The standard InChI is InChI=1S/C12H20N4O2/c13-10-4-2-1-3-9(10)11-14-12(15-18-11)16-5-7-17-8-6-16/h9-10H,1-8,13H2/t9-,10+/m1/s1. The number of anilines is 1. The molecular formula is C12H20N4O2. The Morgan fingerprint density at radius 3 is 2.72 bits per heavy atom. The molecule has 1 saturated carbocycles. The van der Waals surface area contributed by atoms with Crippen LogP contribution in [0.5, 0.6) is 0 Å². The SMILES string of the molecule is N[C@H]1CCCC[C@H]1c1nc(N2CCOCC2)no1. The monoisotopic (exact) mass is 252 g/mol. The summed E-state index contributed by atoms with van der Waals surface area (Å²) >= 11 is 0. The lowest BCUT2D eigenvalue weighted by atomic mass is 9.85. The van der Waals surface area contributed by atoms with Crippen LogP contribution in [0.1, 0.15) is 37.5 Å². The minimum absolute atomic E-state index is 0.164. The van der Waals surface area contributed by atoms with Crippen molar-refractivity contribution in [1.29, 1.82) is 0 Å². The maximum Gasteiger partial charge on any atom is 0.266 e. The number of aromatic nitrogens is 2. The van der Waals surface area contributed by atoms with E-state index in [2.05, 4.69) is 15.0 Å². The Morgan fingerprint density at radius 1 is 1.17 bits per heavy atom. The first-order chi connectivity index (χ1) is 8.84. The number of hydrogen-bond donors (Lipinski definition) is 1. The molecule has 3 rings (SSSR count). The van der Waals surface area contributed by atoms with E-state index < -0.39 is 0 Å². The van der Waals surface area contributed by atoms with Crippen molar-refractivity contribution in [3.8, 4) is 0 Å². The van der Waals surface area contributed by atoms with E-state index in [1.807, 2.05) is 0 Å². The number of hydrogen-bond acceptors (Lipinski definition) is 6. The lowest BCUT2D eigenvalue weighted by Gasteiger charge is -2.26. The zero-order valence-corrected chi connectivity index (χ0v) is 10.5. The summed E-state index contributed by atoms with van der Waals surface area (Å²) in [6, 6.07) is 0.164. The molecule has 18 heavy (non-hydrogen) atoms. The quantitative estimate of drug-likeness (QED) is 0.842. The highest BCUT2D eigenvalue weighted by molar-refractivity contribution is 5.28. The van der Waals surface area contributed by atoms with Gasteiger partial charge in [0.25, 0.3) is 5.95 Å². The third-order valence-electron chi connectivity index (χ3n) is 3.86. The fourth-order valence-electron chi connectivity index (χ4n) is 2.74. The predicted octanol–water partition coefficient (Wildman–Crippen LogP) is 0.891. The van der Waals surface area contributed by atoms with Crippen molar-refractivity contribution in [2.75, 3.05) is 31.2 Å². The second kappa shape index (κ2) is 5.24. The van der Waals surface area contributed by atoms with E-state index in [0.29, 0.717) is 11.8 Å². The van der Waals surface area contributed by atoms with Gasteiger partial charge < -0.3 is 19.9 Å². The number of rotatable bonds is 2. The highest BCUT2D eigenvalue weighted by atomic mass is 16.5. The summed E-state index contributed by atoms with van der Waals surface area (Å²) in [5.41, 5.74) is 6.14. The van der Waals surface area contributed by atoms with Crippen molar-refractivity contribution in [2.24, 2.45) is 5.73 Å². The molecule has 2 aliphatic rings. The third-order valence-corrected chi connectivity index (χ3v) is 3.86. The van der Waals surface area contributed by atoms with Gasteiger partial charge in [0.1, 0.15) is 0 Å². The number of nitrogens with zero attached hydrogens (tertiary/aromatic N) is 3. The van der Waals surface area contributed by atoms with E-state index in [0.717, 1.165) is 39.1 Å². The van der Waals surface area contributed by atoms with Crippen molar-refractivity contribution in [2.45, 2.75) is 37.6 Å². The fraction of sp³-hybridized carbons (Fsp3) is 0.833. The van der Waals surface area contributed by atoms with Gasteiger partial charge in [0, 0.05) is 19.1 Å². The van der Waals surface area contributed by atoms with Crippen LogP contribution in [-0.2, 0) is 4.74 Å². The summed E-state index contributed by atoms with van der Waals surface area (Å²) < 4.78 is 10.7. The average Bonchev–Trinajstić information content (AvgIpc) is 2.90. The van der Waals surface area contributed by atoms with Gasteiger partial charge in [0.15, 0.2) is 0 Å². The zero-order valence-electron chi connectivity index (χ0n) is 10.5. The molecule has 6 nitrogen and oxygen atoms in total. The van der Waals surface area contributed by atoms with Gasteiger partial charge in [-0.1, -0.05) is 12.8 Å². The van der Waals surface area contributed by atoms with Crippen LogP contribution in [0.2, 0.25) is 0 Å². The summed E-state index contributed by atoms with van der Waals surface area (Å²) in [6.07, 6.45) is 4.53. The molecular weight excluding hydrogens is 232 g/mol. The van der Waals surface area contributed by atoms with Crippen molar-refractivity contribution >= 4 is 5.95 Å². The highest BCUT2D eigenvalue weighted by Gasteiger charge is 2.29. The molecule has 2 atom stereocenters. The summed E-state index contributed by atoms with van der Waals surface area (Å²) in [5.74, 6) is 1.64. The molecule has 0 spiro atoms. The first kappa shape index (κ1) is 11.9. The number of ether oxygens (including phenoxy) is 1. The summed E-state index contributed by atoms with van der Waals surface area (Å²) in [6.45, 7) is 3.12. The predicted molar refractivity (Wildman–Crippen MR) is 66.5 cm³/mol. The summed E-state index contributed by atoms with van der Waals surface area (Å²) in [5, 5.41) is 4.08. The zero-order chi connectivity index (χ0) is 12.4. The second-order valence-corrected chi connectivity index (χ2v) is 5.09. The molecule has 0 aromatic carbocycles. The lowest BCUT2D eigenvalue weighted by Crippen LogP contribution is -2.37. The first-order valence-corrected chi connectivity index (χ1v) is 6.76. The molecule has 6 heteroatoms. The maximum absolute atomic E-state index is 6.14. The molecule has 0 unspecified atom stereocenters. The van der Waals surface area contributed by atoms with Gasteiger partial charge in [-0.15, -0.1) is 0 Å². The van der Waals surface area contributed by atoms with Gasteiger partial charge in [0.05, 0.1) is 19.1 Å². The molecule has 1 aliphatic carbocycles. The van der Waals surface area contributed by atoms with E-state index in [1.54, 1.807) is 0 Å². The molecule has 0 radical (unpaired) electrons. The van der Waals surface area contributed by atoms with Gasteiger partial charge in [-0.2, -0.15) is 4.98 Å². The van der Waals surface area contributed by atoms with E-state index >= 15 is 0 Å². The fourth-order valence-corrected chi connectivity index (χ4v) is 2.74. The number of morpholine rings is 1. The van der Waals surface area contributed by atoms with Gasteiger partial charge in [-0.25, -0.2) is 0 Å². The third kappa shape index (κ3) is 2.35. The topological polar surface area (TPSA) is 77.4 Å². The number of nitrogens with two attached hydrogens (primary N) is 1. The Morgan fingerprint density at radius 2 is 1.94 bits per heavy atom. The highest BCUT2D eigenvalue weighted by Crippen LogP contribution is 2.31. The molecule has 0 amide bonds. The van der Waals surface area contributed by atoms with Crippen LogP contribution in [0.25, 0.3) is 0 Å². The van der Waals surface area contributed by atoms with E-state index in [-0.39, 0.29) is 12.0 Å². The van der Waals surface area contributed by atoms with Crippen LogP contribution in [0.15, 0.2) is 4.52 Å². The van der Waals surface area contributed by atoms with Crippen molar-refractivity contribution < 1.29 is 9.26 Å². The second-order valence-electron chi connectivity index (χ2n) is 5.09. The Hall–Kier alpha value is -1.14. The van der Waals surface area contributed by atoms with Crippen molar-refractivity contribution in [1.82, 2.24) is 10.1 Å². The largest absolute Gasteiger partial charge is 0.378 e. The van der Waals surface area contributed by atoms with Gasteiger partial charge in [0.2, 0.25) is 5.89 Å². The van der Waals surface area contributed by atoms with Gasteiger partial charge in [-0.05, 0) is 18.0 Å². The van der Waals surface area contributed by atoms with Gasteiger partial charge >= 0.3 is 0 Å². The molecule has 2 heterocycles. The molecule has 2 N–H and O–H groups in total. The molecule has 100 valence electrons. The van der Waals surface area contributed by atoms with Gasteiger partial charge in [-0.3, -0.25) is 0 Å². The van der Waals surface area contributed by atoms with Crippen LogP contribution < -0.4 is 10.6 Å². The maximum atomic E-state index is 6.14. The van der Waals surface area contributed by atoms with Crippen LogP contribution >= 0.6 is 0 Å². The molecule has 1 aromatic rings.